The summed E-state index contributed by atoms with van der Waals surface area (Å²) in [6.07, 6.45) is 8.41. The van der Waals surface area contributed by atoms with E-state index in [0.717, 1.165) is 16.5 Å². The molecule has 0 unspecified atom stereocenters. The van der Waals surface area contributed by atoms with Crippen molar-refractivity contribution in [3.8, 4) is 0 Å². The van der Waals surface area contributed by atoms with Gasteiger partial charge in [-0.15, -0.1) is 0 Å². The summed E-state index contributed by atoms with van der Waals surface area (Å²) < 4.78 is 2.33. The molecule has 112 valence electrons. The standard InChI is InChI=1S/C18H23NO2/c1-18(2,17(20)21)15-10-6-7-13-11-12-19(16(13)15)14-8-4-3-5-9-14/h6-7,10-12,14H,3-5,8-9H2,1-2H3,(H,20,21). The molecule has 3 rings (SSSR count). The van der Waals surface area contributed by atoms with E-state index in [0.29, 0.717) is 6.04 Å². The van der Waals surface area contributed by atoms with Crippen LogP contribution in [0.3, 0.4) is 0 Å². The highest BCUT2D eigenvalue weighted by Gasteiger charge is 2.32. The average molecular weight is 285 g/mol. The summed E-state index contributed by atoms with van der Waals surface area (Å²) in [5.41, 5.74) is 1.16. The minimum atomic E-state index is -0.871. The average Bonchev–Trinajstić information content (AvgIpc) is 2.91. The molecule has 3 heteroatoms. The van der Waals surface area contributed by atoms with Gasteiger partial charge < -0.3 is 9.67 Å². The van der Waals surface area contributed by atoms with Crippen molar-refractivity contribution in [1.29, 1.82) is 0 Å². The lowest BCUT2D eigenvalue weighted by Gasteiger charge is -2.27. The predicted molar refractivity (Wildman–Crippen MR) is 84.7 cm³/mol. The Morgan fingerprint density at radius 1 is 1.19 bits per heavy atom. The van der Waals surface area contributed by atoms with E-state index >= 15 is 0 Å². The number of rotatable bonds is 3. The van der Waals surface area contributed by atoms with Crippen LogP contribution in [0.25, 0.3) is 10.9 Å². The van der Waals surface area contributed by atoms with Gasteiger partial charge in [-0.3, -0.25) is 4.79 Å². The number of carboxylic acids is 1. The third-order valence-electron chi connectivity index (χ3n) is 4.92. The zero-order chi connectivity index (χ0) is 15.0. The summed E-state index contributed by atoms with van der Waals surface area (Å²) in [6, 6.07) is 8.65. The molecule has 0 radical (unpaired) electrons. The largest absolute Gasteiger partial charge is 0.481 e. The first-order chi connectivity index (χ1) is 10.0. The first-order valence-electron chi connectivity index (χ1n) is 7.85. The number of carboxylic acid groups (broad SMARTS) is 1. The second-order valence-corrected chi connectivity index (χ2v) is 6.69. The third-order valence-corrected chi connectivity index (χ3v) is 4.92. The van der Waals surface area contributed by atoms with Gasteiger partial charge >= 0.3 is 5.97 Å². The van der Waals surface area contributed by atoms with E-state index in [1.807, 2.05) is 12.1 Å². The number of carbonyl (C=O) groups is 1. The number of aliphatic carboxylic acids is 1. The smallest absolute Gasteiger partial charge is 0.313 e. The number of aromatic nitrogens is 1. The van der Waals surface area contributed by atoms with Crippen molar-refractivity contribution in [3.63, 3.8) is 0 Å². The van der Waals surface area contributed by atoms with Crippen molar-refractivity contribution >= 4 is 16.9 Å². The fourth-order valence-corrected chi connectivity index (χ4v) is 3.50. The van der Waals surface area contributed by atoms with Gasteiger partial charge in [0.2, 0.25) is 0 Å². The van der Waals surface area contributed by atoms with Gasteiger partial charge in [0.05, 0.1) is 10.9 Å². The fraction of sp³-hybridized carbons (Fsp3) is 0.500. The third kappa shape index (κ3) is 2.35. The molecule has 2 aromatic rings. The molecule has 1 fully saturated rings. The number of hydrogen-bond acceptors (Lipinski definition) is 1. The molecule has 1 aliphatic carbocycles. The molecule has 1 aliphatic rings. The Labute approximate surface area is 125 Å². The number of fused-ring (bicyclic) bond motifs is 1. The normalized spacial score (nSPS) is 17.2. The highest BCUT2D eigenvalue weighted by atomic mass is 16.4. The highest BCUT2D eigenvalue weighted by molar-refractivity contribution is 5.91. The maximum atomic E-state index is 11.7. The molecule has 3 nitrogen and oxygen atoms in total. The van der Waals surface area contributed by atoms with Gasteiger partial charge in [-0.2, -0.15) is 0 Å². The zero-order valence-corrected chi connectivity index (χ0v) is 12.8. The lowest BCUT2D eigenvalue weighted by molar-refractivity contribution is -0.142. The Morgan fingerprint density at radius 3 is 2.57 bits per heavy atom. The van der Waals surface area contributed by atoms with Crippen LogP contribution in [0.15, 0.2) is 30.5 Å². The second kappa shape index (κ2) is 5.21. The SMILES string of the molecule is CC(C)(C(=O)O)c1cccc2ccn(C3CCCCC3)c12. The van der Waals surface area contributed by atoms with Crippen LogP contribution < -0.4 is 0 Å². The zero-order valence-electron chi connectivity index (χ0n) is 12.8. The van der Waals surface area contributed by atoms with E-state index in [9.17, 15) is 9.90 Å². The van der Waals surface area contributed by atoms with Gasteiger partial charge in [0.15, 0.2) is 0 Å². The minimum absolute atomic E-state index is 0.516. The van der Waals surface area contributed by atoms with Crippen molar-refractivity contribution in [2.45, 2.75) is 57.4 Å². The maximum Gasteiger partial charge on any atom is 0.313 e. The molecule has 21 heavy (non-hydrogen) atoms. The van der Waals surface area contributed by atoms with E-state index in [-0.39, 0.29) is 0 Å². The van der Waals surface area contributed by atoms with Gasteiger partial charge in [-0.05, 0) is 43.7 Å². The topological polar surface area (TPSA) is 42.2 Å². The van der Waals surface area contributed by atoms with Crippen LogP contribution >= 0.6 is 0 Å². The van der Waals surface area contributed by atoms with Gasteiger partial charge in [-0.25, -0.2) is 0 Å². The molecule has 0 aliphatic heterocycles. The van der Waals surface area contributed by atoms with Crippen molar-refractivity contribution in [3.05, 3.63) is 36.0 Å². The van der Waals surface area contributed by atoms with Crippen molar-refractivity contribution in [2.24, 2.45) is 0 Å². The molecule has 0 spiro atoms. The van der Waals surface area contributed by atoms with Crippen LogP contribution in [0.2, 0.25) is 0 Å². The molecule has 1 aromatic carbocycles. The lowest BCUT2D eigenvalue weighted by atomic mass is 9.83. The molecule has 1 heterocycles. The number of hydrogen-bond donors (Lipinski definition) is 1. The Hall–Kier alpha value is -1.77. The van der Waals surface area contributed by atoms with E-state index < -0.39 is 11.4 Å². The Balaban J connectivity index is 2.17. The highest BCUT2D eigenvalue weighted by Crippen LogP contribution is 2.36. The quantitative estimate of drug-likeness (QED) is 0.901. The summed E-state index contributed by atoms with van der Waals surface area (Å²) >= 11 is 0. The first kappa shape index (κ1) is 14.2. The van der Waals surface area contributed by atoms with Crippen LogP contribution in [0.1, 0.15) is 57.6 Å². The molecule has 1 N–H and O–H groups in total. The summed E-state index contributed by atoms with van der Waals surface area (Å²) in [5, 5.41) is 10.7. The number of para-hydroxylation sites is 1. The van der Waals surface area contributed by atoms with Crippen LogP contribution in [0, 0.1) is 0 Å². The fourth-order valence-electron chi connectivity index (χ4n) is 3.50. The maximum absolute atomic E-state index is 11.7. The van der Waals surface area contributed by atoms with Gasteiger partial charge in [0.25, 0.3) is 0 Å². The first-order valence-corrected chi connectivity index (χ1v) is 7.85. The molecular weight excluding hydrogens is 262 g/mol. The van der Waals surface area contributed by atoms with Crippen LogP contribution in [-0.2, 0) is 10.2 Å². The molecule has 1 aromatic heterocycles. The van der Waals surface area contributed by atoms with Gasteiger partial charge in [-0.1, -0.05) is 37.5 Å². The predicted octanol–water partition coefficient (Wildman–Crippen LogP) is 4.51. The van der Waals surface area contributed by atoms with Crippen LogP contribution in [0.5, 0.6) is 0 Å². The monoisotopic (exact) mass is 285 g/mol. The Kier molecular flexibility index (Phi) is 3.52. The van der Waals surface area contributed by atoms with Gasteiger partial charge in [0, 0.05) is 12.2 Å². The van der Waals surface area contributed by atoms with E-state index in [1.165, 1.54) is 32.1 Å². The van der Waals surface area contributed by atoms with Gasteiger partial charge in [0.1, 0.15) is 0 Å². The van der Waals surface area contributed by atoms with Crippen molar-refractivity contribution in [2.75, 3.05) is 0 Å². The molecule has 0 saturated heterocycles. The molecular formula is C18H23NO2. The molecule has 0 atom stereocenters. The summed E-state index contributed by atoms with van der Waals surface area (Å²) in [6.45, 7) is 3.59. The van der Waals surface area contributed by atoms with E-state index in [4.69, 9.17) is 0 Å². The van der Waals surface area contributed by atoms with Crippen LogP contribution in [-0.4, -0.2) is 15.6 Å². The van der Waals surface area contributed by atoms with E-state index in [2.05, 4.69) is 22.9 Å². The summed E-state index contributed by atoms with van der Waals surface area (Å²) in [7, 11) is 0. The van der Waals surface area contributed by atoms with Crippen molar-refractivity contribution < 1.29 is 9.90 Å². The molecule has 0 bridgehead atoms. The summed E-state index contributed by atoms with van der Waals surface area (Å²) in [4.78, 5) is 11.7. The summed E-state index contributed by atoms with van der Waals surface area (Å²) in [5.74, 6) is -0.772. The number of nitrogens with zero attached hydrogens (tertiary/aromatic N) is 1. The Morgan fingerprint density at radius 2 is 1.90 bits per heavy atom. The number of benzene rings is 1. The minimum Gasteiger partial charge on any atom is -0.481 e. The molecule has 1 saturated carbocycles. The second-order valence-electron chi connectivity index (χ2n) is 6.69. The van der Waals surface area contributed by atoms with E-state index in [1.54, 1.807) is 13.8 Å². The molecule has 0 amide bonds. The Bertz CT molecular complexity index is 663. The van der Waals surface area contributed by atoms with Crippen molar-refractivity contribution in [1.82, 2.24) is 4.57 Å². The van der Waals surface area contributed by atoms with Crippen LogP contribution in [0.4, 0.5) is 0 Å². The lowest BCUT2D eigenvalue weighted by Crippen LogP contribution is -2.29.